The van der Waals surface area contributed by atoms with Gasteiger partial charge in [0.25, 0.3) is 0 Å². The minimum Gasteiger partial charge on any atom is -0.369 e. The van der Waals surface area contributed by atoms with Crippen molar-refractivity contribution >= 4 is 27.4 Å². The van der Waals surface area contributed by atoms with E-state index in [0.717, 1.165) is 48.6 Å². The summed E-state index contributed by atoms with van der Waals surface area (Å²) in [5.41, 5.74) is 1.03. The van der Waals surface area contributed by atoms with Gasteiger partial charge in [-0.05, 0) is 24.4 Å². The molecule has 102 valence electrons. The lowest BCUT2D eigenvalue weighted by molar-refractivity contribution is 0.240. The van der Waals surface area contributed by atoms with E-state index in [9.17, 15) is 0 Å². The number of hydrogen-bond donors (Lipinski definition) is 2. The molecule has 1 aliphatic heterocycles. The maximum absolute atomic E-state index is 4.33. The number of nitrogens with one attached hydrogen (secondary N) is 2. The summed E-state index contributed by atoms with van der Waals surface area (Å²) >= 11 is 1.69. The molecule has 0 radical (unpaired) electrons. The van der Waals surface area contributed by atoms with Crippen LogP contribution in [0.25, 0.3) is 10.2 Å². The summed E-state index contributed by atoms with van der Waals surface area (Å²) in [6.07, 6.45) is 2.78. The number of aromatic nitrogens is 2. The van der Waals surface area contributed by atoms with Gasteiger partial charge in [-0.25, -0.2) is 9.97 Å². The van der Waals surface area contributed by atoms with E-state index >= 15 is 0 Å². The van der Waals surface area contributed by atoms with E-state index in [1.165, 1.54) is 13.1 Å². The number of hydrogen-bond acceptors (Lipinski definition) is 6. The Labute approximate surface area is 117 Å². The second-order valence-corrected chi connectivity index (χ2v) is 5.65. The Kier molecular flexibility index (Phi) is 4.22. The standard InChI is InChI=1S/C13H19N5S/c1(6-18-7-4-14-5-8-18)3-15-13-12-11(2-9-19-12)16-10-17-13/h2,9-10,14H,1,3-8H2,(H,15,16,17). The molecule has 0 unspecified atom stereocenters. The van der Waals surface area contributed by atoms with Crippen LogP contribution < -0.4 is 10.6 Å². The number of anilines is 1. The fourth-order valence-corrected chi connectivity index (χ4v) is 3.17. The van der Waals surface area contributed by atoms with Crippen LogP contribution in [-0.2, 0) is 0 Å². The third-order valence-electron chi connectivity index (χ3n) is 3.40. The van der Waals surface area contributed by atoms with Crippen molar-refractivity contribution in [2.45, 2.75) is 6.42 Å². The summed E-state index contributed by atoms with van der Waals surface area (Å²) in [7, 11) is 0. The van der Waals surface area contributed by atoms with Crippen molar-refractivity contribution < 1.29 is 0 Å². The third kappa shape index (κ3) is 3.20. The molecule has 2 aromatic heterocycles. The Hall–Kier alpha value is -1.24. The highest BCUT2D eigenvalue weighted by Gasteiger charge is 2.09. The molecule has 2 aromatic rings. The van der Waals surface area contributed by atoms with Crippen LogP contribution in [0.5, 0.6) is 0 Å². The second-order valence-electron chi connectivity index (χ2n) is 4.73. The summed E-state index contributed by atoms with van der Waals surface area (Å²) in [4.78, 5) is 11.1. The Morgan fingerprint density at radius 1 is 1.32 bits per heavy atom. The van der Waals surface area contributed by atoms with Crippen molar-refractivity contribution in [3.8, 4) is 0 Å². The zero-order valence-electron chi connectivity index (χ0n) is 10.9. The molecule has 0 saturated carbocycles. The lowest BCUT2D eigenvalue weighted by Crippen LogP contribution is -2.44. The van der Waals surface area contributed by atoms with Gasteiger partial charge >= 0.3 is 0 Å². The van der Waals surface area contributed by atoms with Crippen LogP contribution >= 0.6 is 11.3 Å². The van der Waals surface area contributed by atoms with Crippen LogP contribution in [0.4, 0.5) is 5.82 Å². The van der Waals surface area contributed by atoms with Gasteiger partial charge in [0.1, 0.15) is 12.1 Å². The van der Waals surface area contributed by atoms with E-state index in [-0.39, 0.29) is 0 Å². The predicted molar refractivity (Wildman–Crippen MR) is 79.8 cm³/mol. The maximum Gasteiger partial charge on any atom is 0.147 e. The summed E-state index contributed by atoms with van der Waals surface area (Å²) in [5.74, 6) is 0.973. The first-order chi connectivity index (χ1) is 9.43. The highest BCUT2D eigenvalue weighted by atomic mass is 32.1. The van der Waals surface area contributed by atoms with Gasteiger partial charge in [-0.3, -0.25) is 0 Å². The number of nitrogens with zero attached hydrogens (tertiary/aromatic N) is 3. The number of rotatable bonds is 5. The van der Waals surface area contributed by atoms with Gasteiger partial charge < -0.3 is 15.5 Å². The fourth-order valence-electron chi connectivity index (χ4n) is 2.36. The summed E-state index contributed by atoms with van der Waals surface area (Å²) in [6.45, 7) is 6.71. The van der Waals surface area contributed by atoms with Crippen LogP contribution in [0.15, 0.2) is 17.8 Å². The minimum atomic E-state index is 0.966. The van der Waals surface area contributed by atoms with Crippen molar-refractivity contribution in [1.29, 1.82) is 0 Å². The average molecular weight is 277 g/mol. The van der Waals surface area contributed by atoms with Crippen LogP contribution in [0.1, 0.15) is 6.42 Å². The van der Waals surface area contributed by atoms with Crippen LogP contribution in [0, 0.1) is 0 Å². The van der Waals surface area contributed by atoms with Gasteiger partial charge in [-0.2, -0.15) is 0 Å². The molecule has 0 atom stereocenters. The third-order valence-corrected chi connectivity index (χ3v) is 4.31. The molecule has 2 N–H and O–H groups in total. The van der Waals surface area contributed by atoms with Crippen LogP contribution in [0.3, 0.4) is 0 Å². The van der Waals surface area contributed by atoms with Gasteiger partial charge in [0.05, 0.1) is 10.2 Å². The average Bonchev–Trinajstić information content (AvgIpc) is 2.94. The molecule has 0 amide bonds. The van der Waals surface area contributed by atoms with Gasteiger partial charge in [-0.15, -0.1) is 11.3 Å². The SMILES string of the molecule is c1nc(NCCCN2CCNCC2)c2sccc2n1. The van der Waals surface area contributed by atoms with E-state index in [0.29, 0.717) is 0 Å². The first-order valence-corrected chi connectivity index (χ1v) is 7.66. The molecule has 3 heterocycles. The van der Waals surface area contributed by atoms with E-state index in [1.54, 1.807) is 17.7 Å². The molecule has 19 heavy (non-hydrogen) atoms. The fraction of sp³-hybridized carbons (Fsp3) is 0.538. The Morgan fingerprint density at radius 2 is 2.21 bits per heavy atom. The molecule has 1 aliphatic rings. The summed E-state index contributed by atoms with van der Waals surface area (Å²) in [6, 6.07) is 2.04. The normalized spacial score (nSPS) is 16.8. The summed E-state index contributed by atoms with van der Waals surface area (Å²) < 4.78 is 1.16. The molecule has 0 aromatic carbocycles. The first kappa shape index (κ1) is 12.8. The van der Waals surface area contributed by atoms with E-state index in [1.807, 2.05) is 6.07 Å². The molecule has 0 bridgehead atoms. The number of piperazine rings is 1. The predicted octanol–water partition coefficient (Wildman–Crippen LogP) is 1.40. The van der Waals surface area contributed by atoms with Gasteiger partial charge in [-0.1, -0.05) is 0 Å². The largest absolute Gasteiger partial charge is 0.369 e. The molecule has 1 saturated heterocycles. The van der Waals surface area contributed by atoms with Crippen LogP contribution in [-0.4, -0.2) is 54.1 Å². The molecule has 3 rings (SSSR count). The molecule has 1 fully saturated rings. The highest BCUT2D eigenvalue weighted by molar-refractivity contribution is 7.17. The van der Waals surface area contributed by atoms with Crippen molar-refractivity contribution in [3.63, 3.8) is 0 Å². The molecule has 5 nitrogen and oxygen atoms in total. The van der Waals surface area contributed by atoms with Gasteiger partial charge in [0.2, 0.25) is 0 Å². The molecule has 0 spiro atoms. The Morgan fingerprint density at radius 3 is 3.11 bits per heavy atom. The van der Waals surface area contributed by atoms with Crippen molar-refractivity contribution in [2.75, 3.05) is 44.6 Å². The maximum atomic E-state index is 4.33. The van der Waals surface area contributed by atoms with Crippen LogP contribution in [0.2, 0.25) is 0 Å². The second kappa shape index (κ2) is 6.27. The Balaban J connectivity index is 1.48. The van der Waals surface area contributed by atoms with Crippen molar-refractivity contribution in [2.24, 2.45) is 0 Å². The number of fused-ring (bicyclic) bond motifs is 1. The van der Waals surface area contributed by atoms with Crippen molar-refractivity contribution in [3.05, 3.63) is 17.8 Å². The number of thiophene rings is 1. The van der Waals surface area contributed by atoms with E-state index < -0.39 is 0 Å². The zero-order chi connectivity index (χ0) is 12.9. The molecule has 0 aliphatic carbocycles. The van der Waals surface area contributed by atoms with E-state index in [4.69, 9.17) is 0 Å². The van der Waals surface area contributed by atoms with Gasteiger partial charge in [0.15, 0.2) is 0 Å². The highest BCUT2D eigenvalue weighted by Crippen LogP contribution is 2.24. The molecule has 6 heteroatoms. The van der Waals surface area contributed by atoms with Crippen molar-refractivity contribution in [1.82, 2.24) is 20.2 Å². The lowest BCUT2D eigenvalue weighted by Gasteiger charge is -2.27. The van der Waals surface area contributed by atoms with Gasteiger partial charge in [0, 0.05) is 32.7 Å². The quantitative estimate of drug-likeness (QED) is 0.809. The Bertz CT molecular complexity index is 520. The van der Waals surface area contributed by atoms with E-state index in [2.05, 4.69) is 30.9 Å². The molecular formula is C13H19N5S. The molecular weight excluding hydrogens is 258 g/mol. The monoisotopic (exact) mass is 277 g/mol. The minimum absolute atomic E-state index is 0.966. The zero-order valence-corrected chi connectivity index (χ0v) is 11.7. The first-order valence-electron chi connectivity index (χ1n) is 6.78. The lowest BCUT2D eigenvalue weighted by atomic mass is 10.3. The topological polar surface area (TPSA) is 53.1 Å². The summed E-state index contributed by atoms with van der Waals surface area (Å²) in [5, 5.41) is 8.87. The smallest absolute Gasteiger partial charge is 0.147 e.